The summed E-state index contributed by atoms with van der Waals surface area (Å²) >= 11 is 1.67. The molecule has 94 valence electrons. The van der Waals surface area contributed by atoms with Crippen LogP contribution in [-0.2, 0) is 11.2 Å². The van der Waals surface area contributed by atoms with Crippen molar-refractivity contribution in [2.24, 2.45) is 0 Å². The summed E-state index contributed by atoms with van der Waals surface area (Å²) in [5.74, 6) is 0.0786. The summed E-state index contributed by atoms with van der Waals surface area (Å²) in [4.78, 5) is 11.9. The van der Waals surface area contributed by atoms with Gasteiger partial charge in [-0.2, -0.15) is 11.3 Å². The van der Waals surface area contributed by atoms with Crippen LogP contribution in [0.1, 0.15) is 23.1 Å². The lowest BCUT2D eigenvalue weighted by Crippen LogP contribution is -2.13. The minimum absolute atomic E-state index is 0.0786. The standard InChI is InChI=1S/C15H17NOS/c1-11-3-4-12(2)14(9-11)16-15(17)6-5-13-7-8-18-10-13/h3-4,7-10H,5-6H2,1-2H3,(H,16,17). The van der Waals surface area contributed by atoms with Gasteiger partial charge in [0.25, 0.3) is 0 Å². The maximum Gasteiger partial charge on any atom is 0.224 e. The Bertz CT molecular complexity index is 531. The van der Waals surface area contributed by atoms with Crippen molar-refractivity contribution in [2.75, 3.05) is 5.32 Å². The first kappa shape index (κ1) is 12.8. The zero-order chi connectivity index (χ0) is 13.0. The molecule has 0 spiro atoms. The van der Waals surface area contributed by atoms with Gasteiger partial charge < -0.3 is 5.32 Å². The van der Waals surface area contributed by atoms with E-state index >= 15 is 0 Å². The van der Waals surface area contributed by atoms with Crippen LogP contribution in [0.15, 0.2) is 35.0 Å². The molecule has 0 unspecified atom stereocenters. The van der Waals surface area contributed by atoms with E-state index in [-0.39, 0.29) is 5.91 Å². The predicted molar refractivity (Wildman–Crippen MR) is 77.2 cm³/mol. The van der Waals surface area contributed by atoms with Crippen molar-refractivity contribution in [3.63, 3.8) is 0 Å². The molecule has 0 bridgehead atoms. The highest BCUT2D eigenvalue weighted by Crippen LogP contribution is 2.17. The van der Waals surface area contributed by atoms with E-state index in [2.05, 4.69) is 22.8 Å². The number of amides is 1. The van der Waals surface area contributed by atoms with E-state index in [1.807, 2.05) is 31.4 Å². The quantitative estimate of drug-likeness (QED) is 0.885. The predicted octanol–water partition coefficient (Wildman–Crippen LogP) is 3.94. The minimum Gasteiger partial charge on any atom is -0.326 e. The van der Waals surface area contributed by atoms with Gasteiger partial charge in [0, 0.05) is 12.1 Å². The highest BCUT2D eigenvalue weighted by Gasteiger charge is 2.05. The molecule has 18 heavy (non-hydrogen) atoms. The third kappa shape index (κ3) is 3.44. The second-order valence-electron chi connectivity index (χ2n) is 4.50. The lowest BCUT2D eigenvalue weighted by Gasteiger charge is -2.09. The molecule has 0 radical (unpaired) electrons. The van der Waals surface area contributed by atoms with Crippen molar-refractivity contribution in [3.05, 3.63) is 51.7 Å². The van der Waals surface area contributed by atoms with E-state index in [1.54, 1.807) is 11.3 Å². The van der Waals surface area contributed by atoms with Crippen LogP contribution in [0.3, 0.4) is 0 Å². The number of nitrogens with one attached hydrogen (secondary N) is 1. The molecule has 0 saturated heterocycles. The fraction of sp³-hybridized carbons (Fsp3) is 0.267. The summed E-state index contributed by atoms with van der Waals surface area (Å²) < 4.78 is 0. The second kappa shape index (κ2) is 5.83. The molecule has 1 N–H and O–H groups in total. The molecule has 0 aliphatic heterocycles. The van der Waals surface area contributed by atoms with Gasteiger partial charge in [-0.25, -0.2) is 0 Å². The maximum atomic E-state index is 11.9. The van der Waals surface area contributed by atoms with Crippen LogP contribution in [0.25, 0.3) is 0 Å². The summed E-state index contributed by atoms with van der Waals surface area (Å²) in [6, 6.07) is 8.16. The fourth-order valence-corrected chi connectivity index (χ4v) is 2.48. The Hall–Kier alpha value is -1.61. The summed E-state index contributed by atoms with van der Waals surface area (Å²) in [7, 11) is 0. The number of carbonyl (C=O) groups excluding carboxylic acids is 1. The molecule has 1 amide bonds. The highest BCUT2D eigenvalue weighted by molar-refractivity contribution is 7.07. The number of anilines is 1. The maximum absolute atomic E-state index is 11.9. The molecule has 1 aromatic heterocycles. The van der Waals surface area contributed by atoms with Gasteiger partial charge in [0.15, 0.2) is 0 Å². The zero-order valence-electron chi connectivity index (χ0n) is 10.7. The van der Waals surface area contributed by atoms with Gasteiger partial charge in [0.05, 0.1) is 0 Å². The molecule has 0 saturated carbocycles. The fourth-order valence-electron chi connectivity index (χ4n) is 1.78. The number of carbonyl (C=O) groups is 1. The number of rotatable bonds is 4. The van der Waals surface area contributed by atoms with Crippen molar-refractivity contribution in [1.29, 1.82) is 0 Å². The first-order valence-electron chi connectivity index (χ1n) is 6.03. The Balaban J connectivity index is 1.92. The molecule has 0 aliphatic rings. The van der Waals surface area contributed by atoms with Crippen LogP contribution in [0.5, 0.6) is 0 Å². The van der Waals surface area contributed by atoms with Crippen LogP contribution < -0.4 is 5.32 Å². The largest absolute Gasteiger partial charge is 0.326 e. The van der Waals surface area contributed by atoms with Gasteiger partial charge >= 0.3 is 0 Å². The lowest BCUT2D eigenvalue weighted by atomic mass is 10.1. The van der Waals surface area contributed by atoms with Crippen molar-refractivity contribution in [3.8, 4) is 0 Å². The number of aryl methyl sites for hydroxylation is 3. The van der Waals surface area contributed by atoms with Crippen molar-refractivity contribution < 1.29 is 4.79 Å². The monoisotopic (exact) mass is 259 g/mol. The average molecular weight is 259 g/mol. The van der Waals surface area contributed by atoms with Crippen molar-refractivity contribution in [2.45, 2.75) is 26.7 Å². The molecule has 2 rings (SSSR count). The van der Waals surface area contributed by atoms with Gasteiger partial charge in [0.2, 0.25) is 5.91 Å². The Morgan fingerprint density at radius 1 is 1.28 bits per heavy atom. The van der Waals surface area contributed by atoms with Gasteiger partial charge in [0.1, 0.15) is 0 Å². The van der Waals surface area contributed by atoms with Crippen LogP contribution in [0.2, 0.25) is 0 Å². The van der Waals surface area contributed by atoms with Gasteiger partial charge in [-0.1, -0.05) is 12.1 Å². The van der Waals surface area contributed by atoms with Crippen LogP contribution in [0.4, 0.5) is 5.69 Å². The third-order valence-corrected chi connectivity index (χ3v) is 3.62. The molecule has 3 heteroatoms. The molecule has 2 nitrogen and oxygen atoms in total. The van der Waals surface area contributed by atoms with E-state index in [1.165, 1.54) is 5.56 Å². The number of hydrogen-bond donors (Lipinski definition) is 1. The molecule has 0 fully saturated rings. The number of benzene rings is 1. The molecule has 1 heterocycles. The summed E-state index contributed by atoms with van der Waals surface area (Å²) in [5, 5.41) is 7.11. The third-order valence-electron chi connectivity index (χ3n) is 2.89. The van der Waals surface area contributed by atoms with E-state index < -0.39 is 0 Å². The van der Waals surface area contributed by atoms with Crippen LogP contribution in [0, 0.1) is 13.8 Å². The summed E-state index contributed by atoms with van der Waals surface area (Å²) in [6.45, 7) is 4.04. The molecule has 0 aliphatic carbocycles. The van der Waals surface area contributed by atoms with Crippen LogP contribution >= 0.6 is 11.3 Å². The van der Waals surface area contributed by atoms with Gasteiger partial charge in [-0.15, -0.1) is 0 Å². The van der Waals surface area contributed by atoms with E-state index in [9.17, 15) is 4.79 Å². The van der Waals surface area contributed by atoms with Crippen molar-refractivity contribution >= 4 is 22.9 Å². The van der Waals surface area contributed by atoms with E-state index in [4.69, 9.17) is 0 Å². The Morgan fingerprint density at radius 3 is 2.83 bits per heavy atom. The normalized spacial score (nSPS) is 10.3. The number of thiophene rings is 1. The SMILES string of the molecule is Cc1ccc(C)c(NC(=O)CCc2ccsc2)c1. The van der Waals surface area contributed by atoms with Crippen LogP contribution in [-0.4, -0.2) is 5.91 Å². The Morgan fingerprint density at radius 2 is 2.11 bits per heavy atom. The van der Waals surface area contributed by atoms with Gasteiger partial charge in [-0.3, -0.25) is 4.79 Å². The number of hydrogen-bond acceptors (Lipinski definition) is 2. The summed E-state index contributed by atoms with van der Waals surface area (Å²) in [5.41, 5.74) is 4.42. The lowest BCUT2D eigenvalue weighted by molar-refractivity contribution is -0.116. The first-order chi connectivity index (χ1) is 8.65. The topological polar surface area (TPSA) is 29.1 Å². The minimum atomic E-state index is 0.0786. The second-order valence-corrected chi connectivity index (χ2v) is 5.28. The van der Waals surface area contributed by atoms with E-state index in [0.717, 1.165) is 23.2 Å². The molecule has 2 aromatic rings. The Kier molecular flexibility index (Phi) is 4.15. The summed E-state index contributed by atoms with van der Waals surface area (Å²) in [6.07, 6.45) is 1.34. The molecule has 1 aromatic carbocycles. The molecular weight excluding hydrogens is 242 g/mol. The Labute approximate surface area is 112 Å². The smallest absolute Gasteiger partial charge is 0.224 e. The van der Waals surface area contributed by atoms with Gasteiger partial charge in [-0.05, 0) is 59.9 Å². The molecule has 0 atom stereocenters. The average Bonchev–Trinajstić information content (AvgIpc) is 2.84. The molecular formula is C15H17NOS. The van der Waals surface area contributed by atoms with Crippen molar-refractivity contribution in [1.82, 2.24) is 0 Å². The first-order valence-corrected chi connectivity index (χ1v) is 6.97. The zero-order valence-corrected chi connectivity index (χ0v) is 11.5. The van der Waals surface area contributed by atoms with E-state index in [0.29, 0.717) is 6.42 Å². The highest BCUT2D eigenvalue weighted by atomic mass is 32.1.